The first-order valence-electron chi connectivity index (χ1n) is 14.2. The van der Waals surface area contributed by atoms with E-state index in [1.165, 1.54) is 18.1 Å². The van der Waals surface area contributed by atoms with Crippen molar-refractivity contribution in [3.05, 3.63) is 60.9 Å². The fourth-order valence-electron chi connectivity index (χ4n) is 5.04. The van der Waals surface area contributed by atoms with Crippen molar-refractivity contribution in [2.45, 2.75) is 31.3 Å². The number of piperidine rings is 1. The van der Waals surface area contributed by atoms with E-state index in [9.17, 15) is 14.4 Å². The van der Waals surface area contributed by atoms with Crippen LogP contribution in [0.15, 0.2) is 60.9 Å². The number of rotatable bonds is 12. The average Bonchev–Trinajstić information content (AvgIpc) is 3.43. The predicted octanol–water partition coefficient (Wildman–Crippen LogP) is 2.68. The summed E-state index contributed by atoms with van der Waals surface area (Å²) in [5.41, 5.74) is 14.3. The number of hydrogen-bond donors (Lipinski definition) is 4. The third-order valence-corrected chi connectivity index (χ3v) is 8.32. The molecule has 2 aromatic heterocycles. The highest BCUT2D eigenvalue weighted by Gasteiger charge is 2.28. The number of nitrogens with zero attached hydrogens (tertiary/aromatic N) is 5. The number of nitrogens with one attached hydrogen (secondary N) is 1. The lowest BCUT2D eigenvalue weighted by molar-refractivity contribution is -0.138. The molecule has 0 bridgehead atoms. The summed E-state index contributed by atoms with van der Waals surface area (Å²) in [5.74, 6) is 0.871. The highest BCUT2D eigenvalue weighted by Crippen LogP contribution is 2.35. The minimum absolute atomic E-state index is 0.00549. The van der Waals surface area contributed by atoms with Crippen LogP contribution >= 0.6 is 11.8 Å². The smallest absolute Gasteiger partial charge is 0.322 e. The average molecular weight is 619 g/mol. The van der Waals surface area contributed by atoms with E-state index in [0.717, 1.165) is 24.2 Å². The second-order valence-corrected chi connectivity index (χ2v) is 11.5. The van der Waals surface area contributed by atoms with Crippen molar-refractivity contribution in [1.82, 2.24) is 30.0 Å². The van der Waals surface area contributed by atoms with Crippen LogP contribution in [0, 0.1) is 0 Å². The van der Waals surface area contributed by atoms with Gasteiger partial charge in [0, 0.05) is 36.6 Å². The van der Waals surface area contributed by atoms with Gasteiger partial charge in [0.1, 0.15) is 35.9 Å². The van der Waals surface area contributed by atoms with Gasteiger partial charge in [-0.15, -0.1) is 0 Å². The number of carboxylic acids is 1. The number of benzene rings is 2. The first-order valence-corrected chi connectivity index (χ1v) is 15.4. The van der Waals surface area contributed by atoms with E-state index in [1.54, 1.807) is 0 Å². The molecule has 0 spiro atoms. The fraction of sp³-hybridized carbons (Fsp3) is 0.333. The minimum atomic E-state index is -1.14. The SMILES string of the molecule is Nc1ncnc2c1c(-c1ccc(Oc3ccccc3)cc1)nn2C1CCCN(C(=O)CCSCC(N)C(=O)NCC(=O)O)C1. The fourth-order valence-corrected chi connectivity index (χ4v) is 5.93. The number of anilines is 1. The molecule has 44 heavy (non-hydrogen) atoms. The summed E-state index contributed by atoms with van der Waals surface area (Å²) in [6.45, 7) is 0.640. The standard InChI is InChI=1S/C30H34N8O5S/c31-23(30(42)33-15-25(40)41)17-44-14-12-24(39)37-13-4-5-20(16-37)38-29-26(28(32)34-18-35-29)27(36-38)19-8-10-22(11-9-19)43-21-6-2-1-3-7-21/h1-3,6-11,18,20,23H,4-5,12-17,31H2,(H,33,42)(H,40,41)(H2,32,34,35). The maximum atomic E-state index is 13.1. The number of aliphatic carboxylic acids is 1. The Bertz CT molecular complexity index is 1620. The largest absolute Gasteiger partial charge is 0.480 e. The topological polar surface area (TPSA) is 192 Å². The zero-order chi connectivity index (χ0) is 31.1. The molecule has 14 heteroatoms. The van der Waals surface area contributed by atoms with Crippen LogP contribution in [0.5, 0.6) is 11.5 Å². The summed E-state index contributed by atoms with van der Waals surface area (Å²) in [4.78, 5) is 46.1. The number of carboxylic acid groups (broad SMARTS) is 1. The van der Waals surface area contributed by atoms with E-state index in [4.69, 9.17) is 26.4 Å². The maximum absolute atomic E-state index is 13.1. The molecule has 0 saturated carbocycles. The van der Waals surface area contributed by atoms with Gasteiger partial charge in [-0.3, -0.25) is 14.4 Å². The molecular formula is C30H34N8O5S. The number of carbonyl (C=O) groups is 3. The summed E-state index contributed by atoms with van der Waals surface area (Å²) in [6.07, 6.45) is 3.34. The van der Waals surface area contributed by atoms with Crippen LogP contribution in [0.2, 0.25) is 0 Å². The number of aromatic nitrogens is 4. The van der Waals surface area contributed by atoms with E-state index in [2.05, 4.69) is 15.3 Å². The summed E-state index contributed by atoms with van der Waals surface area (Å²) in [7, 11) is 0. The van der Waals surface area contributed by atoms with Crippen molar-refractivity contribution in [3.8, 4) is 22.8 Å². The zero-order valence-electron chi connectivity index (χ0n) is 24.0. The van der Waals surface area contributed by atoms with E-state index >= 15 is 0 Å². The van der Waals surface area contributed by atoms with Crippen molar-refractivity contribution in [1.29, 1.82) is 0 Å². The van der Waals surface area contributed by atoms with Crippen molar-refractivity contribution >= 4 is 46.4 Å². The molecule has 2 unspecified atom stereocenters. The molecule has 1 aliphatic rings. The Hall–Kier alpha value is -4.69. The molecule has 5 rings (SSSR count). The summed E-state index contributed by atoms with van der Waals surface area (Å²) >= 11 is 1.38. The molecule has 1 saturated heterocycles. The van der Waals surface area contributed by atoms with E-state index in [-0.39, 0.29) is 17.7 Å². The second kappa shape index (κ2) is 14.2. The predicted molar refractivity (Wildman–Crippen MR) is 167 cm³/mol. The lowest BCUT2D eigenvalue weighted by Gasteiger charge is -2.33. The van der Waals surface area contributed by atoms with Gasteiger partial charge in [-0.2, -0.15) is 16.9 Å². The van der Waals surface area contributed by atoms with Gasteiger partial charge in [0.05, 0.1) is 17.5 Å². The Labute approximate surface area is 258 Å². The van der Waals surface area contributed by atoms with Crippen LogP contribution in [0.4, 0.5) is 5.82 Å². The Morgan fingerprint density at radius 3 is 2.59 bits per heavy atom. The molecule has 2 amide bonds. The molecule has 0 radical (unpaired) electrons. The molecule has 230 valence electrons. The monoisotopic (exact) mass is 618 g/mol. The van der Waals surface area contributed by atoms with Gasteiger partial charge in [0.15, 0.2) is 5.65 Å². The first-order chi connectivity index (χ1) is 21.3. The molecule has 2 atom stereocenters. The van der Waals surface area contributed by atoms with E-state index < -0.39 is 24.5 Å². The third kappa shape index (κ3) is 7.44. The molecular weight excluding hydrogens is 584 g/mol. The normalized spacial score (nSPS) is 15.6. The second-order valence-electron chi connectivity index (χ2n) is 10.4. The molecule has 1 fully saturated rings. The molecule has 1 aliphatic heterocycles. The number of amides is 2. The van der Waals surface area contributed by atoms with Gasteiger partial charge in [0.25, 0.3) is 0 Å². The van der Waals surface area contributed by atoms with Gasteiger partial charge in [-0.1, -0.05) is 18.2 Å². The Balaban J connectivity index is 1.24. The Morgan fingerprint density at radius 1 is 1.09 bits per heavy atom. The van der Waals surface area contributed by atoms with Crippen molar-refractivity contribution in [3.63, 3.8) is 0 Å². The third-order valence-electron chi connectivity index (χ3n) is 7.23. The summed E-state index contributed by atoms with van der Waals surface area (Å²) < 4.78 is 7.79. The molecule has 3 heterocycles. The summed E-state index contributed by atoms with van der Waals surface area (Å²) in [6, 6.07) is 16.2. The minimum Gasteiger partial charge on any atom is -0.480 e. The molecule has 4 aromatic rings. The number of nitrogens with two attached hydrogens (primary N) is 2. The van der Waals surface area contributed by atoms with Crippen LogP contribution in [-0.4, -0.2) is 84.7 Å². The number of hydrogen-bond acceptors (Lipinski definition) is 10. The number of fused-ring (bicyclic) bond motifs is 1. The van der Waals surface area contributed by atoms with Crippen LogP contribution in [-0.2, 0) is 14.4 Å². The number of thioether (sulfide) groups is 1. The van der Waals surface area contributed by atoms with E-state index in [1.807, 2.05) is 64.2 Å². The number of ether oxygens (including phenoxy) is 1. The molecule has 6 N–H and O–H groups in total. The number of para-hydroxylation sites is 1. The number of nitrogen functional groups attached to an aromatic ring is 1. The molecule has 2 aromatic carbocycles. The summed E-state index contributed by atoms with van der Waals surface area (Å²) in [5, 5.41) is 16.6. The van der Waals surface area contributed by atoms with Crippen LogP contribution in [0.3, 0.4) is 0 Å². The van der Waals surface area contributed by atoms with Crippen LogP contribution < -0.4 is 21.5 Å². The Kier molecular flexibility index (Phi) is 9.92. The van der Waals surface area contributed by atoms with Gasteiger partial charge in [-0.25, -0.2) is 14.6 Å². The molecule has 13 nitrogen and oxygen atoms in total. The van der Waals surface area contributed by atoms with Gasteiger partial charge in [0.2, 0.25) is 11.8 Å². The van der Waals surface area contributed by atoms with Crippen molar-refractivity contribution in [2.75, 3.05) is 36.9 Å². The highest BCUT2D eigenvalue weighted by molar-refractivity contribution is 7.99. The van der Waals surface area contributed by atoms with Crippen molar-refractivity contribution < 1.29 is 24.2 Å². The van der Waals surface area contributed by atoms with Crippen molar-refractivity contribution in [2.24, 2.45) is 5.73 Å². The maximum Gasteiger partial charge on any atom is 0.322 e. The number of likely N-dealkylation sites (tertiary alicyclic amines) is 1. The quantitative estimate of drug-likeness (QED) is 0.171. The van der Waals surface area contributed by atoms with Gasteiger partial charge < -0.3 is 31.5 Å². The molecule has 0 aliphatic carbocycles. The number of carbonyl (C=O) groups excluding carboxylic acids is 2. The lowest BCUT2D eigenvalue weighted by Crippen LogP contribution is -2.44. The van der Waals surface area contributed by atoms with Gasteiger partial charge >= 0.3 is 5.97 Å². The lowest BCUT2D eigenvalue weighted by atomic mass is 10.1. The van der Waals surface area contributed by atoms with Crippen LogP contribution in [0.25, 0.3) is 22.3 Å². The Morgan fingerprint density at radius 2 is 1.84 bits per heavy atom. The van der Waals surface area contributed by atoms with E-state index in [0.29, 0.717) is 53.6 Å². The highest BCUT2D eigenvalue weighted by atomic mass is 32.2. The zero-order valence-corrected chi connectivity index (χ0v) is 24.8. The van der Waals surface area contributed by atoms with Gasteiger partial charge in [-0.05, 0) is 49.2 Å². The first kappa shape index (κ1) is 30.8. The van der Waals surface area contributed by atoms with Crippen LogP contribution in [0.1, 0.15) is 25.3 Å².